The average Bonchev–Trinajstić information content (AvgIpc) is 2.51. The van der Waals surface area contributed by atoms with Gasteiger partial charge in [-0.3, -0.25) is 11.3 Å². The fourth-order valence-corrected chi connectivity index (χ4v) is 3.98. The third kappa shape index (κ3) is 3.59. The van der Waals surface area contributed by atoms with Crippen molar-refractivity contribution < 1.29 is 9.47 Å². The Balaban J connectivity index is 1.75. The van der Waals surface area contributed by atoms with E-state index in [1.165, 1.54) is 9.13 Å². The number of rotatable bonds is 3. The lowest BCUT2D eigenvalue weighted by atomic mass is 9.76. The number of nitrogens with one attached hydrogen (secondary N) is 1. The predicted octanol–water partition coefficient (Wildman–Crippen LogP) is 2.77. The zero-order valence-electron chi connectivity index (χ0n) is 12.2. The van der Waals surface area contributed by atoms with Gasteiger partial charge in [-0.15, -0.1) is 0 Å². The van der Waals surface area contributed by atoms with Gasteiger partial charge in [0.1, 0.15) is 0 Å². The second-order valence-electron chi connectivity index (χ2n) is 6.09. The number of ether oxygens (including phenoxy) is 2. The van der Waals surface area contributed by atoms with E-state index in [9.17, 15) is 0 Å². The van der Waals surface area contributed by atoms with E-state index in [0.29, 0.717) is 5.92 Å². The van der Waals surface area contributed by atoms with Crippen molar-refractivity contribution in [3.05, 3.63) is 33.4 Å². The van der Waals surface area contributed by atoms with E-state index >= 15 is 0 Å². The van der Waals surface area contributed by atoms with Crippen LogP contribution in [-0.4, -0.2) is 25.4 Å². The molecular weight excluding hydrogens is 379 g/mol. The Bertz CT molecular complexity index is 454. The second kappa shape index (κ2) is 6.91. The van der Waals surface area contributed by atoms with Crippen LogP contribution in [0.25, 0.3) is 0 Å². The van der Waals surface area contributed by atoms with E-state index in [1.807, 2.05) is 0 Å². The van der Waals surface area contributed by atoms with Crippen molar-refractivity contribution >= 4 is 22.6 Å². The van der Waals surface area contributed by atoms with E-state index in [4.69, 9.17) is 15.3 Å². The molecule has 0 radical (unpaired) electrons. The number of benzene rings is 1. The first-order valence-corrected chi connectivity index (χ1v) is 8.74. The third-order valence-corrected chi connectivity index (χ3v) is 5.53. The van der Waals surface area contributed by atoms with Gasteiger partial charge in [0, 0.05) is 29.4 Å². The predicted molar refractivity (Wildman–Crippen MR) is 90.7 cm³/mol. The van der Waals surface area contributed by atoms with E-state index in [1.54, 1.807) is 0 Å². The van der Waals surface area contributed by atoms with Gasteiger partial charge in [0.05, 0.1) is 5.60 Å². The Kier molecular flexibility index (Phi) is 5.16. The SMILES string of the molecule is NNC(c1ccc(I)cc1)C1CCOC2(CCOCC2)C1. The molecule has 0 saturated carbocycles. The Morgan fingerprint density at radius 3 is 2.57 bits per heavy atom. The highest BCUT2D eigenvalue weighted by molar-refractivity contribution is 14.1. The van der Waals surface area contributed by atoms with Crippen molar-refractivity contribution in [1.82, 2.24) is 5.43 Å². The first-order valence-electron chi connectivity index (χ1n) is 7.66. The minimum Gasteiger partial charge on any atom is -0.381 e. The van der Waals surface area contributed by atoms with Gasteiger partial charge in [0.15, 0.2) is 0 Å². The van der Waals surface area contributed by atoms with Crippen LogP contribution in [0.1, 0.15) is 37.3 Å². The quantitative estimate of drug-likeness (QED) is 0.464. The van der Waals surface area contributed by atoms with Crippen LogP contribution >= 0.6 is 22.6 Å². The molecule has 3 N–H and O–H groups in total. The number of halogens is 1. The summed E-state index contributed by atoms with van der Waals surface area (Å²) in [6.07, 6.45) is 4.14. The lowest BCUT2D eigenvalue weighted by molar-refractivity contribution is -0.150. The standard InChI is InChI=1S/C16H23IN2O2/c17-14-3-1-12(2-4-14)15(19-18)13-5-8-21-16(11-13)6-9-20-10-7-16/h1-4,13,15,19H,5-11,18H2. The maximum absolute atomic E-state index is 6.14. The van der Waals surface area contributed by atoms with Gasteiger partial charge in [0.25, 0.3) is 0 Å². The fourth-order valence-electron chi connectivity index (χ4n) is 3.62. The summed E-state index contributed by atoms with van der Waals surface area (Å²) in [5.74, 6) is 6.39. The van der Waals surface area contributed by atoms with Gasteiger partial charge >= 0.3 is 0 Å². The third-order valence-electron chi connectivity index (χ3n) is 4.82. The normalized spacial score (nSPS) is 26.7. The molecule has 2 aliphatic heterocycles. The Labute approximate surface area is 139 Å². The van der Waals surface area contributed by atoms with Crippen LogP contribution in [0.15, 0.2) is 24.3 Å². The molecule has 116 valence electrons. The molecule has 0 aromatic heterocycles. The maximum Gasteiger partial charge on any atom is 0.0729 e. The first-order chi connectivity index (χ1) is 10.2. The van der Waals surface area contributed by atoms with Crippen molar-refractivity contribution in [2.75, 3.05) is 19.8 Å². The van der Waals surface area contributed by atoms with Crippen molar-refractivity contribution in [1.29, 1.82) is 0 Å². The zero-order chi connectivity index (χ0) is 14.7. The van der Waals surface area contributed by atoms with Crippen molar-refractivity contribution in [3.8, 4) is 0 Å². The lowest BCUT2D eigenvalue weighted by Crippen LogP contribution is -2.47. The van der Waals surface area contributed by atoms with Crippen LogP contribution in [0.4, 0.5) is 0 Å². The molecule has 2 heterocycles. The number of nitrogens with two attached hydrogens (primary N) is 1. The van der Waals surface area contributed by atoms with Crippen LogP contribution in [0.5, 0.6) is 0 Å². The molecule has 1 aromatic rings. The van der Waals surface area contributed by atoms with Gasteiger partial charge in [-0.1, -0.05) is 12.1 Å². The summed E-state index contributed by atoms with van der Waals surface area (Å²) in [4.78, 5) is 0. The van der Waals surface area contributed by atoms with Crippen molar-refractivity contribution in [3.63, 3.8) is 0 Å². The summed E-state index contributed by atoms with van der Waals surface area (Å²) in [5.41, 5.74) is 4.32. The summed E-state index contributed by atoms with van der Waals surface area (Å²) in [6.45, 7) is 2.46. The molecule has 0 aliphatic carbocycles. The van der Waals surface area contributed by atoms with Gasteiger partial charge < -0.3 is 9.47 Å². The highest BCUT2D eigenvalue weighted by atomic mass is 127. The highest BCUT2D eigenvalue weighted by Gasteiger charge is 2.41. The molecule has 0 amide bonds. The van der Waals surface area contributed by atoms with E-state index in [-0.39, 0.29) is 11.6 Å². The summed E-state index contributed by atoms with van der Waals surface area (Å²) in [6, 6.07) is 8.84. The molecule has 0 bridgehead atoms. The summed E-state index contributed by atoms with van der Waals surface area (Å²) >= 11 is 2.33. The zero-order valence-corrected chi connectivity index (χ0v) is 14.3. The first kappa shape index (κ1) is 15.7. The second-order valence-corrected chi connectivity index (χ2v) is 7.34. The highest BCUT2D eigenvalue weighted by Crippen LogP contribution is 2.41. The number of hydrogen-bond donors (Lipinski definition) is 2. The summed E-state index contributed by atoms with van der Waals surface area (Å²) in [7, 11) is 0. The number of hydrogen-bond acceptors (Lipinski definition) is 4. The van der Waals surface area contributed by atoms with Gasteiger partial charge in [0.2, 0.25) is 0 Å². The van der Waals surface area contributed by atoms with Crippen LogP contribution in [-0.2, 0) is 9.47 Å². The monoisotopic (exact) mass is 402 g/mol. The minimum atomic E-state index is 0.0134. The Morgan fingerprint density at radius 1 is 1.19 bits per heavy atom. The smallest absolute Gasteiger partial charge is 0.0729 e. The molecule has 5 heteroatoms. The number of hydrazine groups is 1. The molecule has 3 rings (SSSR count). The molecule has 21 heavy (non-hydrogen) atoms. The van der Waals surface area contributed by atoms with E-state index in [2.05, 4.69) is 52.3 Å². The van der Waals surface area contributed by atoms with Gasteiger partial charge in [-0.2, -0.15) is 0 Å². The van der Waals surface area contributed by atoms with Gasteiger partial charge in [-0.25, -0.2) is 0 Å². The van der Waals surface area contributed by atoms with Crippen molar-refractivity contribution in [2.24, 2.45) is 11.8 Å². The fraction of sp³-hybridized carbons (Fsp3) is 0.625. The molecule has 2 aliphatic rings. The summed E-state index contributed by atoms with van der Waals surface area (Å²) < 4.78 is 12.9. The molecule has 2 fully saturated rings. The molecule has 2 unspecified atom stereocenters. The van der Waals surface area contributed by atoms with Crippen LogP contribution in [0.2, 0.25) is 0 Å². The molecule has 2 atom stereocenters. The molecule has 2 saturated heterocycles. The molecular formula is C16H23IN2O2. The van der Waals surface area contributed by atoms with Crippen LogP contribution in [0.3, 0.4) is 0 Å². The van der Waals surface area contributed by atoms with Crippen LogP contribution < -0.4 is 11.3 Å². The largest absolute Gasteiger partial charge is 0.381 e. The van der Waals surface area contributed by atoms with E-state index in [0.717, 1.165) is 45.5 Å². The Hall–Kier alpha value is -0.210. The Morgan fingerprint density at radius 2 is 1.90 bits per heavy atom. The van der Waals surface area contributed by atoms with Crippen LogP contribution in [0, 0.1) is 9.49 Å². The van der Waals surface area contributed by atoms with Crippen molar-refractivity contribution in [2.45, 2.75) is 37.3 Å². The lowest BCUT2D eigenvalue weighted by Gasteiger charge is -2.45. The molecule has 4 nitrogen and oxygen atoms in total. The maximum atomic E-state index is 6.14. The van der Waals surface area contributed by atoms with Gasteiger partial charge in [-0.05, 0) is 71.9 Å². The average molecular weight is 402 g/mol. The minimum absolute atomic E-state index is 0.0134. The molecule has 1 aromatic carbocycles. The van der Waals surface area contributed by atoms with E-state index < -0.39 is 0 Å². The molecule has 1 spiro atoms. The topological polar surface area (TPSA) is 56.5 Å². The summed E-state index contributed by atoms with van der Waals surface area (Å²) in [5, 5.41) is 0.